The van der Waals surface area contributed by atoms with Gasteiger partial charge in [-0.05, 0) is 42.5 Å². The third-order valence-corrected chi connectivity index (χ3v) is 7.17. The fraction of sp³-hybridized carbons (Fsp3) is 0.294. The summed E-state index contributed by atoms with van der Waals surface area (Å²) < 4.78 is 33.5. The Hall–Kier alpha value is -1.74. The van der Waals surface area contributed by atoms with Crippen molar-refractivity contribution in [2.45, 2.75) is 30.2 Å². The molecule has 136 valence electrons. The molecule has 0 amide bonds. The van der Waals surface area contributed by atoms with E-state index in [0.717, 1.165) is 18.4 Å². The van der Waals surface area contributed by atoms with Crippen LogP contribution >= 0.6 is 22.9 Å². The topological polar surface area (TPSA) is 76.3 Å². The van der Waals surface area contributed by atoms with E-state index in [1.807, 2.05) is 16.8 Å². The lowest BCUT2D eigenvalue weighted by Gasteiger charge is -2.32. The fourth-order valence-corrected chi connectivity index (χ4v) is 5.66. The Labute approximate surface area is 160 Å². The molecule has 0 saturated carbocycles. The third kappa shape index (κ3) is 3.29. The highest BCUT2D eigenvalue weighted by atomic mass is 35.5. The number of nitrogens with zero attached hydrogens (tertiary/aromatic N) is 3. The molecule has 0 radical (unpaired) electrons. The molecule has 0 aliphatic carbocycles. The van der Waals surface area contributed by atoms with Crippen molar-refractivity contribution in [3.05, 3.63) is 52.0 Å². The number of hydrogen-bond acceptors (Lipinski definition) is 6. The Morgan fingerprint density at radius 2 is 2.12 bits per heavy atom. The maximum absolute atomic E-state index is 13.1. The zero-order valence-electron chi connectivity index (χ0n) is 13.7. The van der Waals surface area contributed by atoms with E-state index < -0.39 is 16.1 Å². The lowest BCUT2D eigenvalue weighted by Crippen LogP contribution is -2.38. The van der Waals surface area contributed by atoms with Crippen LogP contribution in [0, 0.1) is 0 Å². The van der Waals surface area contributed by atoms with Gasteiger partial charge in [0.1, 0.15) is 6.04 Å². The van der Waals surface area contributed by atoms with Crippen LogP contribution < -0.4 is 0 Å². The van der Waals surface area contributed by atoms with Crippen molar-refractivity contribution in [1.29, 1.82) is 0 Å². The van der Waals surface area contributed by atoms with Gasteiger partial charge in [-0.3, -0.25) is 0 Å². The molecule has 3 aromatic rings. The number of aromatic nitrogens is 2. The molecule has 6 nitrogen and oxygen atoms in total. The van der Waals surface area contributed by atoms with E-state index in [-0.39, 0.29) is 4.90 Å². The molecule has 2 aromatic heterocycles. The number of hydrogen-bond donors (Lipinski definition) is 0. The highest BCUT2D eigenvalue weighted by molar-refractivity contribution is 7.89. The number of halogens is 1. The highest BCUT2D eigenvalue weighted by Gasteiger charge is 2.37. The van der Waals surface area contributed by atoms with E-state index in [1.54, 1.807) is 18.2 Å². The fourth-order valence-electron chi connectivity index (χ4n) is 3.07. The summed E-state index contributed by atoms with van der Waals surface area (Å²) in [6.45, 7) is 0.412. The predicted molar refractivity (Wildman–Crippen MR) is 99.5 cm³/mol. The van der Waals surface area contributed by atoms with Gasteiger partial charge in [-0.15, -0.1) is 10.2 Å². The average Bonchev–Trinajstić information content (AvgIpc) is 3.33. The molecule has 1 aliphatic rings. The van der Waals surface area contributed by atoms with Crippen LogP contribution in [0.2, 0.25) is 5.02 Å². The summed E-state index contributed by atoms with van der Waals surface area (Å²) in [5, 5.41) is 12.4. The second-order valence-electron chi connectivity index (χ2n) is 6.04. The maximum atomic E-state index is 13.1. The summed E-state index contributed by atoms with van der Waals surface area (Å²) in [5.74, 6) is 0.739. The van der Waals surface area contributed by atoms with E-state index in [1.165, 1.54) is 21.7 Å². The molecular weight excluding hydrogens is 394 g/mol. The number of thiophene rings is 1. The normalized spacial score (nSPS) is 18.9. The van der Waals surface area contributed by atoms with Gasteiger partial charge in [0.25, 0.3) is 0 Å². The summed E-state index contributed by atoms with van der Waals surface area (Å²) in [7, 11) is -3.70. The largest absolute Gasteiger partial charge is 0.419 e. The van der Waals surface area contributed by atoms with Crippen LogP contribution in [-0.2, 0) is 10.0 Å². The van der Waals surface area contributed by atoms with Crippen LogP contribution in [0.3, 0.4) is 0 Å². The lowest BCUT2D eigenvalue weighted by atomic mass is 10.1. The van der Waals surface area contributed by atoms with Crippen LogP contribution in [0.5, 0.6) is 0 Å². The van der Waals surface area contributed by atoms with Crippen molar-refractivity contribution in [2.75, 3.05) is 6.54 Å². The average molecular weight is 410 g/mol. The lowest BCUT2D eigenvalue weighted by molar-refractivity contribution is 0.220. The minimum absolute atomic E-state index is 0.175. The van der Waals surface area contributed by atoms with E-state index in [0.29, 0.717) is 29.8 Å². The Morgan fingerprint density at radius 1 is 1.23 bits per heavy atom. The molecule has 1 atom stereocenters. The van der Waals surface area contributed by atoms with Crippen molar-refractivity contribution in [2.24, 2.45) is 0 Å². The van der Waals surface area contributed by atoms with Crippen LogP contribution in [0.4, 0.5) is 0 Å². The number of piperidine rings is 1. The first kappa shape index (κ1) is 17.7. The first-order chi connectivity index (χ1) is 12.6. The summed E-state index contributed by atoms with van der Waals surface area (Å²) in [5.41, 5.74) is 0.841. The highest BCUT2D eigenvalue weighted by Crippen LogP contribution is 2.36. The first-order valence-corrected chi connectivity index (χ1v) is 11.0. The molecule has 1 saturated heterocycles. The first-order valence-electron chi connectivity index (χ1n) is 8.19. The summed E-state index contributed by atoms with van der Waals surface area (Å²) in [6.07, 6.45) is 2.34. The minimum atomic E-state index is -3.70. The molecular formula is C17H16ClN3O3S2. The quantitative estimate of drug-likeness (QED) is 0.639. The Bertz CT molecular complexity index is 1000. The van der Waals surface area contributed by atoms with E-state index >= 15 is 0 Å². The zero-order chi connectivity index (χ0) is 18.1. The van der Waals surface area contributed by atoms with Crippen LogP contribution in [-0.4, -0.2) is 29.5 Å². The molecule has 0 N–H and O–H groups in total. The van der Waals surface area contributed by atoms with Gasteiger partial charge in [-0.1, -0.05) is 24.1 Å². The maximum Gasteiger partial charge on any atom is 0.248 e. The standard InChI is InChI=1S/C17H16ClN3O3S2/c18-13-4-3-5-14(10-13)26(22,23)21-8-2-1-6-15(21)17-20-19-16(24-17)12-7-9-25-11-12/h3-5,7,9-11,15H,1-2,6,8H2/t15-/m1/s1. The summed E-state index contributed by atoms with van der Waals surface area (Å²) >= 11 is 7.52. The van der Waals surface area contributed by atoms with Gasteiger partial charge in [-0.2, -0.15) is 15.6 Å². The Balaban J connectivity index is 1.69. The number of rotatable bonds is 4. The van der Waals surface area contributed by atoms with Gasteiger partial charge in [0.15, 0.2) is 0 Å². The second-order valence-corrected chi connectivity index (χ2v) is 9.15. The molecule has 0 bridgehead atoms. The molecule has 4 rings (SSSR count). The van der Waals surface area contributed by atoms with E-state index in [2.05, 4.69) is 10.2 Å². The number of benzene rings is 1. The summed E-state index contributed by atoms with van der Waals surface area (Å²) in [6, 6.07) is 7.73. The van der Waals surface area contributed by atoms with Gasteiger partial charge in [0.05, 0.1) is 4.90 Å². The van der Waals surface area contributed by atoms with Gasteiger partial charge in [-0.25, -0.2) is 8.42 Å². The van der Waals surface area contributed by atoms with Gasteiger partial charge >= 0.3 is 0 Å². The molecule has 26 heavy (non-hydrogen) atoms. The molecule has 1 fully saturated rings. The van der Waals surface area contributed by atoms with Gasteiger partial charge in [0.2, 0.25) is 21.8 Å². The Kier molecular flexibility index (Phi) is 4.83. The molecule has 0 unspecified atom stereocenters. The second kappa shape index (κ2) is 7.11. The smallest absolute Gasteiger partial charge is 0.248 e. The van der Waals surface area contributed by atoms with E-state index in [4.69, 9.17) is 16.0 Å². The van der Waals surface area contributed by atoms with Crippen molar-refractivity contribution in [1.82, 2.24) is 14.5 Å². The molecule has 1 aliphatic heterocycles. The molecule has 0 spiro atoms. The van der Waals surface area contributed by atoms with Crippen molar-refractivity contribution in [3.63, 3.8) is 0 Å². The van der Waals surface area contributed by atoms with Crippen molar-refractivity contribution < 1.29 is 12.8 Å². The van der Waals surface area contributed by atoms with Crippen LogP contribution in [0.25, 0.3) is 11.5 Å². The van der Waals surface area contributed by atoms with Gasteiger partial charge < -0.3 is 4.42 Å². The molecule has 9 heteroatoms. The zero-order valence-corrected chi connectivity index (χ0v) is 16.1. The van der Waals surface area contributed by atoms with Crippen LogP contribution in [0.1, 0.15) is 31.2 Å². The minimum Gasteiger partial charge on any atom is -0.419 e. The SMILES string of the molecule is O=S(=O)(c1cccc(Cl)c1)N1CCCC[C@@H]1c1nnc(-c2ccsc2)o1. The summed E-state index contributed by atoms with van der Waals surface area (Å²) in [4.78, 5) is 0.175. The molecule has 3 heterocycles. The van der Waals surface area contributed by atoms with Crippen LogP contribution in [0.15, 0.2) is 50.4 Å². The van der Waals surface area contributed by atoms with Gasteiger partial charge in [0, 0.05) is 22.5 Å². The van der Waals surface area contributed by atoms with Crippen molar-refractivity contribution in [3.8, 4) is 11.5 Å². The predicted octanol–water partition coefficient (Wildman–Crippen LogP) is 4.37. The number of sulfonamides is 1. The van der Waals surface area contributed by atoms with Crippen molar-refractivity contribution >= 4 is 33.0 Å². The third-order valence-electron chi connectivity index (χ3n) is 4.35. The Morgan fingerprint density at radius 3 is 2.88 bits per heavy atom. The van der Waals surface area contributed by atoms with E-state index in [9.17, 15) is 8.42 Å². The molecule has 1 aromatic carbocycles. The monoisotopic (exact) mass is 409 g/mol.